The molecule has 2 rings (SSSR count). The highest BCUT2D eigenvalue weighted by atomic mass is 16.5. The normalized spacial score (nSPS) is 10.4. The first-order valence-electron chi connectivity index (χ1n) is 7.93. The molecule has 2 aromatic carbocycles. The zero-order valence-electron chi connectivity index (χ0n) is 14.1. The quantitative estimate of drug-likeness (QED) is 0.718. The van der Waals surface area contributed by atoms with Crippen LogP contribution in [0.3, 0.4) is 0 Å². The van der Waals surface area contributed by atoms with Gasteiger partial charge in [-0.25, -0.2) is 0 Å². The van der Waals surface area contributed by atoms with Gasteiger partial charge in [-0.2, -0.15) is 0 Å². The topological polar surface area (TPSA) is 39.7 Å². The molecule has 1 N–H and O–H groups in total. The fraction of sp³-hybridized carbons (Fsp3) is 0.368. The van der Waals surface area contributed by atoms with Crippen LogP contribution in [0.1, 0.15) is 18.1 Å². The SMILES string of the molecule is CCNCc1ccc(OCCOc2ccc(C)cc2)c(OC)c1. The molecule has 0 radical (unpaired) electrons. The highest BCUT2D eigenvalue weighted by Crippen LogP contribution is 2.28. The number of methoxy groups -OCH3 is 1. The van der Waals surface area contributed by atoms with Crippen LogP contribution in [-0.2, 0) is 6.54 Å². The Morgan fingerprint density at radius 3 is 2.35 bits per heavy atom. The van der Waals surface area contributed by atoms with Gasteiger partial charge in [0, 0.05) is 6.54 Å². The van der Waals surface area contributed by atoms with Crippen LogP contribution in [0.5, 0.6) is 17.2 Å². The summed E-state index contributed by atoms with van der Waals surface area (Å²) in [6.07, 6.45) is 0. The number of hydrogen-bond donors (Lipinski definition) is 1. The fourth-order valence-corrected chi connectivity index (χ4v) is 2.16. The molecule has 0 aromatic heterocycles. The van der Waals surface area contributed by atoms with Crippen molar-refractivity contribution < 1.29 is 14.2 Å². The minimum absolute atomic E-state index is 0.469. The number of ether oxygens (including phenoxy) is 3. The fourth-order valence-electron chi connectivity index (χ4n) is 2.16. The standard InChI is InChI=1S/C19H25NO3/c1-4-20-14-16-7-10-18(19(13-16)21-3)23-12-11-22-17-8-5-15(2)6-9-17/h5-10,13,20H,4,11-12,14H2,1-3H3. The Balaban J connectivity index is 1.83. The predicted molar refractivity (Wildman–Crippen MR) is 92.5 cm³/mol. The van der Waals surface area contributed by atoms with E-state index >= 15 is 0 Å². The predicted octanol–water partition coefficient (Wildman–Crippen LogP) is 3.57. The third-order valence-electron chi connectivity index (χ3n) is 3.44. The molecule has 0 saturated carbocycles. The van der Waals surface area contributed by atoms with E-state index in [1.54, 1.807) is 7.11 Å². The molecule has 0 fully saturated rings. The van der Waals surface area contributed by atoms with Crippen molar-refractivity contribution in [1.29, 1.82) is 0 Å². The van der Waals surface area contributed by atoms with Gasteiger partial charge in [-0.05, 0) is 43.3 Å². The summed E-state index contributed by atoms with van der Waals surface area (Å²) in [6, 6.07) is 14.0. The molecular formula is C19H25NO3. The minimum atomic E-state index is 0.469. The molecule has 2 aromatic rings. The van der Waals surface area contributed by atoms with Crippen molar-refractivity contribution in [3.05, 3.63) is 53.6 Å². The van der Waals surface area contributed by atoms with E-state index in [1.165, 1.54) is 11.1 Å². The monoisotopic (exact) mass is 315 g/mol. The molecule has 0 aliphatic rings. The molecule has 124 valence electrons. The van der Waals surface area contributed by atoms with Gasteiger partial charge in [0.05, 0.1) is 7.11 Å². The Kier molecular flexibility index (Phi) is 6.76. The van der Waals surface area contributed by atoms with E-state index in [0.717, 1.165) is 30.3 Å². The molecule has 0 spiro atoms. The second-order valence-electron chi connectivity index (χ2n) is 5.28. The lowest BCUT2D eigenvalue weighted by Gasteiger charge is -2.13. The van der Waals surface area contributed by atoms with E-state index < -0.39 is 0 Å². The van der Waals surface area contributed by atoms with Crippen LogP contribution in [0.4, 0.5) is 0 Å². The largest absolute Gasteiger partial charge is 0.493 e. The lowest BCUT2D eigenvalue weighted by atomic mass is 10.2. The maximum absolute atomic E-state index is 5.76. The molecular weight excluding hydrogens is 290 g/mol. The van der Waals surface area contributed by atoms with Crippen molar-refractivity contribution in [3.8, 4) is 17.2 Å². The van der Waals surface area contributed by atoms with Gasteiger partial charge in [-0.15, -0.1) is 0 Å². The van der Waals surface area contributed by atoms with Gasteiger partial charge in [0.1, 0.15) is 19.0 Å². The first kappa shape index (κ1) is 17.2. The van der Waals surface area contributed by atoms with Gasteiger partial charge < -0.3 is 19.5 Å². The van der Waals surface area contributed by atoms with E-state index in [2.05, 4.69) is 19.2 Å². The van der Waals surface area contributed by atoms with Gasteiger partial charge in [0.25, 0.3) is 0 Å². The van der Waals surface area contributed by atoms with E-state index in [9.17, 15) is 0 Å². The minimum Gasteiger partial charge on any atom is -0.493 e. The third kappa shape index (κ3) is 5.49. The third-order valence-corrected chi connectivity index (χ3v) is 3.44. The Morgan fingerprint density at radius 1 is 0.913 bits per heavy atom. The summed E-state index contributed by atoms with van der Waals surface area (Å²) in [5.41, 5.74) is 2.39. The first-order chi connectivity index (χ1) is 11.2. The van der Waals surface area contributed by atoms with Crippen molar-refractivity contribution in [2.45, 2.75) is 20.4 Å². The Hall–Kier alpha value is -2.20. The first-order valence-corrected chi connectivity index (χ1v) is 7.93. The van der Waals surface area contributed by atoms with Crippen molar-refractivity contribution >= 4 is 0 Å². The van der Waals surface area contributed by atoms with E-state index in [0.29, 0.717) is 13.2 Å². The maximum Gasteiger partial charge on any atom is 0.161 e. The summed E-state index contributed by atoms with van der Waals surface area (Å²) >= 11 is 0. The molecule has 0 heterocycles. The van der Waals surface area contributed by atoms with Crippen LogP contribution >= 0.6 is 0 Å². The zero-order valence-corrected chi connectivity index (χ0v) is 14.1. The zero-order chi connectivity index (χ0) is 16.5. The molecule has 4 nitrogen and oxygen atoms in total. The molecule has 0 aliphatic heterocycles. The average Bonchev–Trinajstić information content (AvgIpc) is 2.59. The molecule has 0 saturated heterocycles. The summed E-state index contributed by atoms with van der Waals surface area (Å²) in [6.45, 7) is 6.87. The lowest BCUT2D eigenvalue weighted by Crippen LogP contribution is -2.12. The van der Waals surface area contributed by atoms with E-state index in [1.807, 2.05) is 42.5 Å². The molecule has 0 unspecified atom stereocenters. The number of hydrogen-bond acceptors (Lipinski definition) is 4. The smallest absolute Gasteiger partial charge is 0.161 e. The maximum atomic E-state index is 5.76. The lowest BCUT2D eigenvalue weighted by molar-refractivity contribution is 0.211. The highest BCUT2D eigenvalue weighted by molar-refractivity contribution is 5.43. The number of aryl methyl sites for hydroxylation is 1. The van der Waals surface area contributed by atoms with E-state index in [4.69, 9.17) is 14.2 Å². The van der Waals surface area contributed by atoms with Gasteiger partial charge in [0.2, 0.25) is 0 Å². The van der Waals surface area contributed by atoms with Gasteiger partial charge in [-0.3, -0.25) is 0 Å². The molecule has 23 heavy (non-hydrogen) atoms. The summed E-state index contributed by atoms with van der Waals surface area (Å²) in [4.78, 5) is 0. The Morgan fingerprint density at radius 2 is 1.65 bits per heavy atom. The van der Waals surface area contributed by atoms with Crippen LogP contribution in [0.2, 0.25) is 0 Å². The van der Waals surface area contributed by atoms with Crippen LogP contribution in [0.25, 0.3) is 0 Å². The Labute approximate surface area is 138 Å². The van der Waals surface area contributed by atoms with Crippen LogP contribution < -0.4 is 19.5 Å². The molecule has 0 bridgehead atoms. The van der Waals surface area contributed by atoms with Crippen molar-refractivity contribution in [2.24, 2.45) is 0 Å². The number of rotatable bonds is 9. The van der Waals surface area contributed by atoms with Crippen LogP contribution in [0.15, 0.2) is 42.5 Å². The van der Waals surface area contributed by atoms with Crippen LogP contribution in [-0.4, -0.2) is 26.9 Å². The van der Waals surface area contributed by atoms with Crippen molar-refractivity contribution in [1.82, 2.24) is 5.32 Å². The highest BCUT2D eigenvalue weighted by Gasteiger charge is 2.06. The molecule has 0 amide bonds. The number of nitrogens with one attached hydrogen (secondary N) is 1. The summed E-state index contributed by atoms with van der Waals surface area (Å²) in [5.74, 6) is 2.34. The molecule has 0 aliphatic carbocycles. The summed E-state index contributed by atoms with van der Waals surface area (Å²) in [7, 11) is 1.65. The number of benzene rings is 2. The van der Waals surface area contributed by atoms with Crippen molar-refractivity contribution in [2.75, 3.05) is 26.9 Å². The second kappa shape index (κ2) is 9.06. The average molecular weight is 315 g/mol. The Bertz CT molecular complexity index is 596. The van der Waals surface area contributed by atoms with Gasteiger partial charge in [-0.1, -0.05) is 30.7 Å². The van der Waals surface area contributed by atoms with Crippen molar-refractivity contribution in [3.63, 3.8) is 0 Å². The van der Waals surface area contributed by atoms with Gasteiger partial charge >= 0.3 is 0 Å². The van der Waals surface area contributed by atoms with E-state index in [-0.39, 0.29) is 0 Å². The van der Waals surface area contributed by atoms with Crippen LogP contribution in [0, 0.1) is 6.92 Å². The molecule has 4 heteroatoms. The summed E-state index contributed by atoms with van der Waals surface area (Å²) < 4.78 is 16.8. The molecule has 0 atom stereocenters. The summed E-state index contributed by atoms with van der Waals surface area (Å²) in [5, 5.41) is 3.29. The second-order valence-corrected chi connectivity index (χ2v) is 5.28. The van der Waals surface area contributed by atoms with Gasteiger partial charge in [0.15, 0.2) is 11.5 Å².